The molecule has 2 aromatic rings. The van der Waals surface area contributed by atoms with Crippen molar-refractivity contribution in [3.8, 4) is 17.2 Å². The molecule has 0 amide bonds. The lowest BCUT2D eigenvalue weighted by atomic mass is 10.2. The van der Waals surface area contributed by atoms with Crippen LogP contribution < -0.4 is 19.5 Å². The van der Waals surface area contributed by atoms with Gasteiger partial charge in [0.15, 0.2) is 0 Å². The Bertz CT molecular complexity index is 635. The van der Waals surface area contributed by atoms with Crippen LogP contribution in [0.15, 0.2) is 36.4 Å². The van der Waals surface area contributed by atoms with Crippen molar-refractivity contribution in [2.24, 2.45) is 0 Å². The number of benzene rings is 2. The van der Waals surface area contributed by atoms with Crippen molar-refractivity contribution >= 4 is 28.9 Å². The Morgan fingerprint density at radius 1 is 0.955 bits per heavy atom. The Kier molecular flexibility index (Phi) is 6.04. The molecule has 0 atom stereocenters. The Morgan fingerprint density at radius 3 is 2.41 bits per heavy atom. The number of hydrogen-bond acceptors (Lipinski definition) is 4. The summed E-state index contributed by atoms with van der Waals surface area (Å²) in [7, 11) is 3.24. The van der Waals surface area contributed by atoms with Gasteiger partial charge >= 0.3 is 0 Å². The SMILES string of the molecule is COc1ccc(OC)c(NCCOc2ccc(Cl)cc2Cl)c1. The first-order valence-electron chi connectivity index (χ1n) is 6.68. The largest absolute Gasteiger partial charge is 0.497 e. The average molecular weight is 342 g/mol. The first-order chi connectivity index (χ1) is 10.6. The number of halogens is 2. The molecule has 0 aliphatic rings. The van der Waals surface area contributed by atoms with Crippen LogP contribution in [0.2, 0.25) is 10.0 Å². The molecule has 118 valence electrons. The molecular weight excluding hydrogens is 325 g/mol. The lowest BCUT2D eigenvalue weighted by Gasteiger charge is -2.13. The summed E-state index contributed by atoms with van der Waals surface area (Å²) in [5.41, 5.74) is 0.840. The Morgan fingerprint density at radius 2 is 1.73 bits per heavy atom. The highest BCUT2D eigenvalue weighted by Crippen LogP contribution is 2.29. The molecule has 0 aliphatic carbocycles. The fourth-order valence-electron chi connectivity index (χ4n) is 1.89. The summed E-state index contributed by atoms with van der Waals surface area (Å²) in [4.78, 5) is 0. The molecule has 2 rings (SSSR count). The summed E-state index contributed by atoms with van der Waals surface area (Å²) < 4.78 is 16.1. The van der Waals surface area contributed by atoms with E-state index in [1.54, 1.807) is 32.4 Å². The lowest BCUT2D eigenvalue weighted by molar-refractivity contribution is 0.332. The van der Waals surface area contributed by atoms with Gasteiger partial charge in [-0.05, 0) is 30.3 Å². The van der Waals surface area contributed by atoms with E-state index in [0.717, 1.165) is 17.2 Å². The number of methoxy groups -OCH3 is 2. The van der Waals surface area contributed by atoms with Gasteiger partial charge in [0.2, 0.25) is 0 Å². The van der Waals surface area contributed by atoms with Crippen LogP contribution in [0.1, 0.15) is 0 Å². The zero-order valence-corrected chi connectivity index (χ0v) is 13.9. The molecule has 0 aliphatic heterocycles. The van der Waals surface area contributed by atoms with Gasteiger partial charge < -0.3 is 19.5 Å². The zero-order valence-electron chi connectivity index (χ0n) is 12.4. The van der Waals surface area contributed by atoms with E-state index in [1.165, 1.54) is 0 Å². The van der Waals surface area contributed by atoms with Crippen LogP contribution in [0.5, 0.6) is 17.2 Å². The fourth-order valence-corrected chi connectivity index (χ4v) is 2.35. The maximum atomic E-state index is 6.05. The molecule has 6 heteroatoms. The van der Waals surface area contributed by atoms with Gasteiger partial charge in [-0.2, -0.15) is 0 Å². The Hall–Kier alpha value is -1.78. The van der Waals surface area contributed by atoms with Gasteiger partial charge in [0, 0.05) is 17.6 Å². The number of hydrogen-bond donors (Lipinski definition) is 1. The number of ether oxygens (including phenoxy) is 3. The summed E-state index contributed by atoms with van der Waals surface area (Å²) in [6.07, 6.45) is 0. The van der Waals surface area contributed by atoms with E-state index in [2.05, 4.69) is 5.32 Å². The van der Waals surface area contributed by atoms with Crippen LogP contribution in [0.25, 0.3) is 0 Å². The van der Waals surface area contributed by atoms with E-state index in [1.807, 2.05) is 18.2 Å². The second-order valence-corrected chi connectivity index (χ2v) is 5.26. The molecule has 4 nitrogen and oxygen atoms in total. The third kappa shape index (κ3) is 4.36. The van der Waals surface area contributed by atoms with E-state index >= 15 is 0 Å². The van der Waals surface area contributed by atoms with Gasteiger partial charge in [-0.25, -0.2) is 0 Å². The number of rotatable bonds is 7. The summed E-state index contributed by atoms with van der Waals surface area (Å²) in [6.45, 7) is 1.03. The normalized spacial score (nSPS) is 10.2. The Balaban J connectivity index is 1.91. The number of anilines is 1. The van der Waals surface area contributed by atoms with Crippen molar-refractivity contribution in [3.63, 3.8) is 0 Å². The monoisotopic (exact) mass is 341 g/mol. The third-order valence-electron chi connectivity index (χ3n) is 2.98. The first-order valence-corrected chi connectivity index (χ1v) is 7.43. The van der Waals surface area contributed by atoms with Crippen molar-refractivity contribution in [1.82, 2.24) is 0 Å². The molecule has 0 spiro atoms. The Labute approximate surface area is 139 Å². The van der Waals surface area contributed by atoms with Crippen molar-refractivity contribution in [1.29, 1.82) is 0 Å². The maximum absolute atomic E-state index is 6.05. The summed E-state index contributed by atoms with van der Waals surface area (Å²) >= 11 is 11.9. The molecule has 0 unspecified atom stereocenters. The summed E-state index contributed by atoms with van der Waals surface area (Å²) in [6, 6.07) is 10.7. The van der Waals surface area contributed by atoms with Gasteiger partial charge in [0.25, 0.3) is 0 Å². The lowest BCUT2D eigenvalue weighted by Crippen LogP contribution is -2.12. The molecule has 22 heavy (non-hydrogen) atoms. The van der Waals surface area contributed by atoms with E-state index in [4.69, 9.17) is 37.4 Å². The van der Waals surface area contributed by atoms with Crippen LogP contribution in [0, 0.1) is 0 Å². The molecule has 0 saturated heterocycles. The minimum atomic E-state index is 0.446. The molecule has 0 fully saturated rings. The van der Waals surface area contributed by atoms with Crippen LogP contribution in [-0.2, 0) is 0 Å². The van der Waals surface area contributed by atoms with Crippen LogP contribution in [0.4, 0.5) is 5.69 Å². The second-order valence-electron chi connectivity index (χ2n) is 4.42. The van der Waals surface area contributed by atoms with Crippen LogP contribution in [-0.4, -0.2) is 27.4 Å². The maximum Gasteiger partial charge on any atom is 0.142 e. The quantitative estimate of drug-likeness (QED) is 0.752. The van der Waals surface area contributed by atoms with Crippen LogP contribution in [0.3, 0.4) is 0 Å². The minimum Gasteiger partial charge on any atom is -0.497 e. The van der Waals surface area contributed by atoms with Gasteiger partial charge in [-0.1, -0.05) is 23.2 Å². The molecule has 0 heterocycles. The van der Waals surface area contributed by atoms with E-state index in [-0.39, 0.29) is 0 Å². The molecule has 0 bridgehead atoms. The minimum absolute atomic E-state index is 0.446. The van der Waals surface area contributed by atoms with E-state index in [9.17, 15) is 0 Å². The molecule has 0 radical (unpaired) electrons. The summed E-state index contributed by atoms with van der Waals surface area (Å²) in [5, 5.41) is 4.31. The van der Waals surface area contributed by atoms with Gasteiger partial charge in [-0.15, -0.1) is 0 Å². The molecule has 2 aromatic carbocycles. The fraction of sp³-hybridized carbons (Fsp3) is 0.250. The average Bonchev–Trinajstić information content (AvgIpc) is 2.53. The van der Waals surface area contributed by atoms with Gasteiger partial charge in [0.1, 0.15) is 23.9 Å². The molecular formula is C16H17Cl2NO3. The van der Waals surface area contributed by atoms with Crippen molar-refractivity contribution in [2.45, 2.75) is 0 Å². The molecule has 0 aromatic heterocycles. The van der Waals surface area contributed by atoms with Crippen LogP contribution >= 0.6 is 23.2 Å². The van der Waals surface area contributed by atoms with Crippen molar-refractivity contribution < 1.29 is 14.2 Å². The highest BCUT2D eigenvalue weighted by atomic mass is 35.5. The summed E-state index contributed by atoms with van der Waals surface area (Å²) in [5.74, 6) is 2.10. The van der Waals surface area contributed by atoms with E-state index < -0.39 is 0 Å². The third-order valence-corrected chi connectivity index (χ3v) is 3.51. The topological polar surface area (TPSA) is 39.7 Å². The van der Waals surface area contributed by atoms with Gasteiger partial charge in [0.05, 0.1) is 24.9 Å². The van der Waals surface area contributed by atoms with Gasteiger partial charge in [-0.3, -0.25) is 0 Å². The van der Waals surface area contributed by atoms with E-state index in [0.29, 0.717) is 28.9 Å². The second kappa shape index (κ2) is 8.01. The molecule has 1 N–H and O–H groups in total. The molecule has 0 saturated carbocycles. The smallest absolute Gasteiger partial charge is 0.142 e. The zero-order chi connectivity index (χ0) is 15.9. The predicted molar refractivity (Wildman–Crippen MR) is 90.0 cm³/mol. The highest BCUT2D eigenvalue weighted by molar-refractivity contribution is 6.35. The highest BCUT2D eigenvalue weighted by Gasteiger charge is 2.05. The number of nitrogens with one attached hydrogen (secondary N) is 1. The van der Waals surface area contributed by atoms with Crippen molar-refractivity contribution in [2.75, 3.05) is 32.7 Å². The predicted octanol–water partition coefficient (Wildman–Crippen LogP) is 4.50. The van der Waals surface area contributed by atoms with Crippen molar-refractivity contribution in [3.05, 3.63) is 46.4 Å². The first kappa shape index (κ1) is 16.6. The standard InChI is InChI=1S/C16H17Cl2NO3/c1-20-12-4-6-16(21-2)14(10-12)19-7-8-22-15-5-3-11(17)9-13(15)18/h3-6,9-10,19H,7-8H2,1-2H3.